The molecule has 1 N–H and O–H groups in total. The lowest BCUT2D eigenvalue weighted by atomic mass is 9.96. The van der Waals surface area contributed by atoms with Gasteiger partial charge in [-0.05, 0) is 27.8 Å². The Bertz CT molecular complexity index is 641. The maximum absolute atomic E-state index is 12.4. The summed E-state index contributed by atoms with van der Waals surface area (Å²) in [5, 5.41) is 15.5. The Labute approximate surface area is 147 Å². The highest BCUT2D eigenvalue weighted by atomic mass is 32.2. The molecule has 0 fully saturated rings. The molecule has 1 atom stereocenters. The summed E-state index contributed by atoms with van der Waals surface area (Å²) in [7, 11) is 0. The van der Waals surface area contributed by atoms with Crippen molar-refractivity contribution in [3.8, 4) is 0 Å². The van der Waals surface area contributed by atoms with Gasteiger partial charge in [-0.3, -0.25) is 4.79 Å². The first-order valence-corrected chi connectivity index (χ1v) is 9.19. The summed E-state index contributed by atoms with van der Waals surface area (Å²) >= 11 is 1.37. The van der Waals surface area contributed by atoms with Gasteiger partial charge < -0.3 is 5.32 Å². The third-order valence-corrected chi connectivity index (χ3v) is 4.47. The summed E-state index contributed by atoms with van der Waals surface area (Å²) in [5.74, 6) is 1.05. The van der Waals surface area contributed by atoms with E-state index >= 15 is 0 Å². The van der Waals surface area contributed by atoms with E-state index in [4.69, 9.17) is 0 Å². The van der Waals surface area contributed by atoms with Crippen molar-refractivity contribution in [3.63, 3.8) is 0 Å². The van der Waals surface area contributed by atoms with Gasteiger partial charge in [-0.2, -0.15) is 0 Å². The fourth-order valence-corrected chi connectivity index (χ4v) is 3.10. The predicted octanol–water partition coefficient (Wildman–Crippen LogP) is 2.93. The molecular formula is C17H25N5OS. The zero-order chi connectivity index (χ0) is 17.5. The van der Waals surface area contributed by atoms with Crippen molar-refractivity contribution in [3.05, 3.63) is 35.9 Å². The quantitative estimate of drug-likeness (QED) is 0.743. The first-order chi connectivity index (χ1) is 11.5. The number of tetrazole rings is 1. The number of nitrogens with one attached hydrogen (secondary N) is 1. The lowest BCUT2D eigenvalue weighted by Gasteiger charge is -2.22. The van der Waals surface area contributed by atoms with Gasteiger partial charge in [-0.25, -0.2) is 4.68 Å². The minimum absolute atomic E-state index is 0.00552. The van der Waals surface area contributed by atoms with Crippen molar-refractivity contribution in [2.75, 3.05) is 5.75 Å². The summed E-state index contributed by atoms with van der Waals surface area (Å²) in [6.45, 7) is 9.17. The first kappa shape index (κ1) is 18.4. The number of amides is 1. The third-order valence-electron chi connectivity index (χ3n) is 3.51. The molecule has 1 heterocycles. The van der Waals surface area contributed by atoms with Gasteiger partial charge in [0, 0.05) is 6.54 Å². The summed E-state index contributed by atoms with van der Waals surface area (Å²) in [4.78, 5) is 12.4. The number of benzene rings is 1. The molecule has 2 aromatic rings. The molecule has 0 spiro atoms. The van der Waals surface area contributed by atoms with Crippen LogP contribution in [0.5, 0.6) is 0 Å². The molecule has 0 saturated carbocycles. The van der Waals surface area contributed by atoms with E-state index in [-0.39, 0.29) is 11.9 Å². The maximum atomic E-state index is 12.4. The number of thioether (sulfide) groups is 1. The van der Waals surface area contributed by atoms with E-state index in [1.54, 1.807) is 4.68 Å². The monoisotopic (exact) mass is 347 g/mol. The van der Waals surface area contributed by atoms with Crippen molar-refractivity contribution in [1.29, 1.82) is 0 Å². The maximum Gasteiger partial charge on any atom is 0.230 e. The van der Waals surface area contributed by atoms with E-state index in [2.05, 4.69) is 48.5 Å². The molecule has 0 saturated heterocycles. The van der Waals surface area contributed by atoms with Crippen molar-refractivity contribution >= 4 is 17.7 Å². The first-order valence-electron chi connectivity index (χ1n) is 8.20. The van der Waals surface area contributed by atoms with E-state index in [1.807, 2.05) is 30.3 Å². The highest BCUT2D eigenvalue weighted by molar-refractivity contribution is 7.99. The Balaban J connectivity index is 1.94. The highest BCUT2D eigenvalue weighted by Crippen LogP contribution is 2.22. The lowest BCUT2D eigenvalue weighted by Crippen LogP contribution is -2.33. The van der Waals surface area contributed by atoms with E-state index in [0.717, 1.165) is 12.1 Å². The predicted molar refractivity (Wildman–Crippen MR) is 95.5 cm³/mol. The second-order valence-electron chi connectivity index (χ2n) is 6.53. The molecule has 0 aliphatic heterocycles. The van der Waals surface area contributed by atoms with E-state index in [0.29, 0.717) is 22.7 Å². The Morgan fingerprint density at radius 1 is 1.21 bits per heavy atom. The summed E-state index contributed by atoms with van der Waals surface area (Å²) in [6.07, 6.45) is 0. The topological polar surface area (TPSA) is 72.7 Å². The zero-order valence-electron chi connectivity index (χ0n) is 14.6. The number of hydrogen-bond acceptors (Lipinski definition) is 5. The summed E-state index contributed by atoms with van der Waals surface area (Å²) in [6, 6.07) is 10.1. The average Bonchev–Trinajstić information content (AvgIpc) is 2.97. The standard InChI is InChI=1S/C17H25N5OS/c1-12(2)10-22-17(19-20-21-22)24-11-15(23)18-16(13(3)4)14-8-6-5-7-9-14/h5-9,12-13,16H,10-11H2,1-4H3,(H,18,23). The number of nitrogens with zero attached hydrogens (tertiary/aromatic N) is 4. The van der Waals surface area contributed by atoms with Gasteiger partial charge in [0.15, 0.2) is 0 Å². The number of hydrogen-bond donors (Lipinski definition) is 1. The second kappa shape index (κ2) is 8.82. The van der Waals surface area contributed by atoms with Crippen molar-refractivity contribution in [1.82, 2.24) is 25.5 Å². The van der Waals surface area contributed by atoms with Gasteiger partial charge in [0.2, 0.25) is 11.1 Å². The molecule has 130 valence electrons. The number of rotatable bonds is 8. The highest BCUT2D eigenvalue weighted by Gasteiger charge is 2.19. The largest absolute Gasteiger partial charge is 0.348 e. The molecule has 1 aromatic heterocycles. The number of carbonyl (C=O) groups is 1. The zero-order valence-corrected chi connectivity index (χ0v) is 15.5. The SMILES string of the molecule is CC(C)Cn1nnnc1SCC(=O)NC(c1ccccc1)C(C)C. The minimum atomic E-state index is -0.0124. The summed E-state index contributed by atoms with van der Waals surface area (Å²) in [5.41, 5.74) is 1.12. The Morgan fingerprint density at radius 3 is 2.54 bits per heavy atom. The molecule has 7 heteroatoms. The van der Waals surface area contributed by atoms with Gasteiger partial charge in [-0.15, -0.1) is 5.10 Å². The van der Waals surface area contributed by atoms with Crippen LogP contribution >= 0.6 is 11.8 Å². The smallest absolute Gasteiger partial charge is 0.230 e. The molecule has 24 heavy (non-hydrogen) atoms. The Morgan fingerprint density at radius 2 is 1.92 bits per heavy atom. The average molecular weight is 347 g/mol. The van der Waals surface area contributed by atoms with Crippen LogP contribution in [-0.2, 0) is 11.3 Å². The van der Waals surface area contributed by atoms with Gasteiger partial charge in [0.05, 0.1) is 11.8 Å². The van der Waals surface area contributed by atoms with Crippen molar-refractivity contribution in [2.45, 2.75) is 45.4 Å². The van der Waals surface area contributed by atoms with Crippen LogP contribution in [0.25, 0.3) is 0 Å². The third kappa shape index (κ3) is 5.33. The Kier molecular flexibility index (Phi) is 6.78. The van der Waals surface area contributed by atoms with Crippen LogP contribution < -0.4 is 5.32 Å². The molecule has 0 aliphatic rings. The van der Waals surface area contributed by atoms with Crippen LogP contribution in [0.1, 0.15) is 39.3 Å². The molecule has 0 radical (unpaired) electrons. The second-order valence-corrected chi connectivity index (χ2v) is 7.47. The molecule has 1 unspecified atom stereocenters. The van der Waals surface area contributed by atoms with Gasteiger partial charge in [0.1, 0.15) is 0 Å². The van der Waals surface area contributed by atoms with E-state index in [9.17, 15) is 4.79 Å². The van der Waals surface area contributed by atoms with Crippen LogP contribution in [0.4, 0.5) is 0 Å². The van der Waals surface area contributed by atoms with E-state index < -0.39 is 0 Å². The molecule has 1 amide bonds. The fourth-order valence-electron chi connectivity index (χ4n) is 2.40. The Hall–Kier alpha value is -1.89. The van der Waals surface area contributed by atoms with Gasteiger partial charge in [0.25, 0.3) is 0 Å². The van der Waals surface area contributed by atoms with Crippen LogP contribution in [0.3, 0.4) is 0 Å². The molecule has 1 aromatic carbocycles. The normalized spacial score (nSPS) is 12.6. The van der Waals surface area contributed by atoms with Crippen LogP contribution in [0, 0.1) is 11.8 Å². The van der Waals surface area contributed by atoms with Gasteiger partial charge in [-0.1, -0.05) is 69.8 Å². The summed E-state index contributed by atoms with van der Waals surface area (Å²) < 4.78 is 1.75. The minimum Gasteiger partial charge on any atom is -0.348 e. The van der Waals surface area contributed by atoms with Crippen LogP contribution in [0.15, 0.2) is 35.5 Å². The van der Waals surface area contributed by atoms with Crippen molar-refractivity contribution < 1.29 is 4.79 Å². The van der Waals surface area contributed by atoms with E-state index in [1.165, 1.54) is 11.8 Å². The molecule has 6 nitrogen and oxygen atoms in total. The lowest BCUT2D eigenvalue weighted by molar-refractivity contribution is -0.119. The van der Waals surface area contributed by atoms with Crippen LogP contribution in [-0.4, -0.2) is 31.9 Å². The molecule has 0 aliphatic carbocycles. The number of aromatic nitrogens is 4. The van der Waals surface area contributed by atoms with Crippen LogP contribution in [0.2, 0.25) is 0 Å². The fraction of sp³-hybridized carbons (Fsp3) is 0.529. The molecular weight excluding hydrogens is 322 g/mol. The molecule has 0 bridgehead atoms. The van der Waals surface area contributed by atoms with Crippen molar-refractivity contribution in [2.24, 2.45) is 11.8 Å². The number of carbonyl (C=O) groups excluding carboxylic acids is 1. The molecule has 2 rings (SSSR count). The van der Waals surface area contributed by atoms with Gasteiger partial charge >= 0.3 is 0 Å².